The number of hydrogen-bond donors (Lipinski definition) is 1. The highest BCUT2D eigenvalue weighted by molar-refractivity contribution is 9.10. The predicted octanol–water partition coefficient (Wildman–Crippen LogP) is 4.57. The van der Waals surface area contributed by atoms with Crippen LogP contribution in [0.4, 0.5) is 4.39 Å². The zero-order valence-electron chi connectivity index (χ0n) is 10.3. The normalized spacial score (nSPS) is 12.7. The monoisotopic (exact) mass is 311 g/mol. The minimum atomic E-state index is -0.270. The van der Waals surface area contributed by atoms with Gasteiger partial charge in [-0.25, -0.2) is 4.39 Å². The largest absolute Gasteiger partial charge is 0.459 e. The lowest BCUT2D eigenvalue weighted by molar-refractivity contribution is 0.469. The van der Waals surface area contributed by atoms with Gasteiger partial charge in [0.1, 0.15) is 17.3 Å². The lowest BCUT2D eigenvalue weighted by atomic mass is 10.1. The van der Waals surface area contributed by atoms with Crippen LogP contribution in [-0.2, 0) is 0 Å². The Hall–Kier alpha value is -1.13. The molecule has 2 nitrogen and oxygen atoms in total. The Morgan fingerprint density at radius 3 is 2.78 bits per heavy atom. The average Bonchev–Trinajstić information content (AvgIpc) is 2.82. The van der Waals surface area contributed by atoms with Crippen LogP contribution in [0, 0.1) is 12.7 Å². The molecular weight excluding hydrogens is 297 g/mol. The maximum Gasteiger partial charge on any atom is 0.137 e. The Morgan fingerprint density at radius 1 is 1.39 bits per heavy atom. The van der Waals surface area contributed by atoms with Crippen LogP contribution in [0.15, 0.2) is 33.2 Å². The quantitative estimate of drug-likeness (QED) is 0.902. The summed E-state index contributed by atoms with van der Waals surface area (Å²) in [5.74, 6) is 1.20. The molecule has 0 fully saturated rings. The molecule has 0 bridgehead atoms. The van der Waals surface area contributed by atoms with Crippen molar-refractivity contribution in [1.82, 2.24) is 0 Å². The van der Waals surface area contributed by atoms with E-state index in [2.05, 4.69) is 15.9 Å². The number of hydrogen-bond acceptors (Lipinski definition) is 2. The van der Waals surface area contributed by atoms with Crippen molar-refractivity contribution in [1.29, 1.82) is 0 Å². The summed E-state index contributed by atoms with van der Waals surface area (Å²) in [6, 6.07) is 6.87. The molecule has 96 valence electrons. The molecule has 1 unspecified atom stereocenters. The van der Waals surface area contributed by atoms with Crippen LogP contribution >= 0.6 is 15.9 Å². The summed E-state index contributed by atoms with van der Waals surface area (Å²) in [4.78, 5) is 0. The second-order valence-corrected chi connectivity index (χ2v) is 5.15. The van der Waals surface area contributed by atoms with Gasteiger partial charge in [0, 0.05) is 5.56 Å². The van der Waals surface area contributed by atoms with Crippen molar-refractivity contribution in [3.05, 3.63) is 45.9 Å². The second-order valence-electron chi connectivity index (χ2n) is 4.30. The van der Waals surface area contributed by atoms with Gasteiger partial charge in [0.2, 0.25) is 0 Å². The third-order valence-corrected chi connectivity index (χ3v) is 3.57. The van der Waals surface area contributed by atoms with Crippen molar-refractivity contribution in [2.75, 3.05) is 0 Å². The fourth-order valence-corrected chi connectivity index (χ4v) is 2.15. The van der Waals surface area contributed by atoms with E-state index >= 15 is 0 Å². The van der Waals surface area contributed by atoms with E-state index in [-0.39, 0.29) is 11.9 Å². The van der Waals surface area contributed by atoms with Gasteiger partial charge in [0.25, 0.3) is 0 Å². The fourth-order valence-electron chi connectivity index (χ4n) is 1.81. The third kappa shape index (κ3) is 2.49. The summed E-state index contributed by atoms with van der Waals surface area (Å²) in [6.45, 7) is 3.86. The molecule has 0 aliphatic heterocycles. The minimum absolute atomic E-state index is 0.0945. The molecule has 0 saturated carbocycles. The highest BCUT2D eigenvalue weighted by Crippen LogP contribution is 2.31. The summed E-state index contributed by atoms with van der Waals surface area (Å²) < 4.78 is 19.5. The summed E-state index contributed by atoms with van der Waals surface area (Å²) in [5.41, 5.74) is 7.62. The highest BCUT2D eigenvalue weighted by atomic mass is 79.9. The second kappa shape index (κ2) is 5.24. The molecule has 1 atom stereocenters. The lowest BCUT2D eigenvalue weighted by Gasteiger charge is -2.06. The van der Waals surface area contributed by atoms with E-state index in [9.17, 15) is 4.39 Å². The first-order chi connectivity index (χ1) is 8.52. The van der Waals surface area contributed by atoms with Crippen molar-refractivity contribution in [2.45, 2.75) is 26.3 Å². The van der Waals surface area contributed by atoms with Gasteiger partial charge in [-0.3, -0.25) is 0 Å². The summed E-state index contributed by atoms with van der Waals surface area (Å²) in [7, 11) is 0. The zero-order chi connectivity index (χ0) is 13.3. The fraction of sp³-hybridized carbons (Fsp3) is 0.286. The van der Waals surface area contributed by atoms with E-state index in [4.69, 9.17) is 10.2 Å². The van der Waals surface area contributed by atoms with E-state index in [1.807, 2.05) is 26.0 Å². The molecule has 0 saturated heterocycles. The van der Waals surface area contributed by atoms with Crippen molar-refractivity contribution in [3.63, 3.8) is 0 Å². The molecule has 18 heavy (non-hydrogen) atoms. The Kier molecular flexibility index (Phi) is 3.88. The molecule has 0 amide bonds. The Labute approximate surface area is 114 Å². The molecule has 0 aliphatic carbocycles. The molecule has 1 aromatic carbocycles. The van der Waals surface area contributed by atoms with Crippen LogP contribution in [0.25, 0.3) is 11.3 Å². The molecule has 0 aliphatic rings. The molecule has 2 aromatic rings. The van der Waals surface area contributed by atoms with Gasteiger partial charge < -0.3 is 10.2 Å². The Bertz CT molecular complexity index is 565. The Balaban J connectivity index is 2.43. The van der Waals surface area contributed by atoms with Crippen LogP contribution in [0.1, 0.15) is 30.7 Å². The average molecular weight is 312 g/mol. The number of furan rings is 1. The van der Waals surface area contributed by atoms with Crippen molar-refractivity contribution >= 4 is 15.9 Å². The first-order valence-electron chi connectivity index (χ1n) is 5.84. The molecule has 1 aromatic heterocycles. The van der Waals surface area contributed by atoms with Crippen molar-refractivity contribution in [3.8, 4) is 11.3 Å². The lowest BCUT2D eigenvalue weighted by Crippen LogP contribution is -2.06. The van der Waals surface area contributed by atoms with Gasteiger partial charge in [0.15, 0.2) is 0 Å². The van der Waals surface area contributed by atoms with Crippen LogP contribution in [-0.4, -0.2) is 0 Å². The van der Waals surface area contributed by atoms with E-state index < -0.39 is 0 Å². The molecule has 2 rings (SSSR count). The minimum Gasteiger partial charge on any atom is -0.459 e. The highest BCUT2D eigenvalue weighted by Gasteiger charge is 2.13. The van der Waals surface area contributed by atoms with Crippen LogP contribution in [0.2, 0.25) is 0 Å². The molecule has 0 spiro atoms. The van der Waals surface area contributed by atoms with Crippen molar-refractivity contribution in [2.24, 2.45) is 5.73 Å². The molecule has 0 radical (unpaired) electrons. The first-order valence-corrected chi connectivity index (χ1v) is 6.63. The van der Waals surface area contributed by atoms with Gasteiger partial charge in [0.05, 0.1) is 10.5 Å². The first kappa shape index (κ1) is 13.3. The maximum atomic E-state index is 13.4. The zero-order valence-corrected chi connectivity index (χ0v) is 11.9. The van der Waals surface area contributed by atoms with E-state index in [1.165, 1.54) is 6.07 Å². The SMILES string of the molecule is CCC(N)c1ccc(-c2cc(Br)c(F)cc2C)o1. The van der Waals surface area contributed by atoms with Gasteiger partial charge in [-0.1, -0.05) is 6.92 Å². The Morgan fingerprint density at radius 2 is 2.11 bits per heavy atom. The smallest absolute Gasteiger partial charge is 0.137 e. The number of nitrogens with two attached hydrogens (primary N) is 1. The molecular formula is C14H15BrFNO. The number of benzene rings is 1. The van der Waals surface area contributed by atoms with Gasteiger partial charge in [-0.2, -0.15) is 0 Å². The summed E-state index contributed by atoms with van der Waals surface area (Å²) >= 11 is 3.19. The van der Waals surface area contributed by atoms with E-state index in [0.717, 1.165) is 23.3 Å². The molecule has 2 N–H and O–H groups in total. The predicted molar refractivity (Wildman–Crippen MR) is 73.8 cm³/mol. The topological polar surface area (TPSA) is 39.2 Å². The number of aryl methyl sites for hydroxylation is 1. The van der Waals surface area contributed by atoms with E-state index in [0.29, 0.717) is 10.2 Å². The van der Waals surface area contributed by atoms with Gasteiger partial charge in [-0.15, -0.1) is 0 Å². The number of rotatable bonds is 3. The van der Waals surface area contributed by atoms with Crippen LogP contribution in [0.5, 0.6) is 0 Å². The van der Waals surface area contributed by atoms with Crippen molar-refractivity contribution < 1.29 is 8.81 Å². The third-order valence-electron chi connectivity index (χ3n) is 2.96. The van der Waals surface area contributed by atoms with E-state index in [1.54, 1.807) is 6.07 Å². The molecule has 1 heterocycles. The van der Waals surface area contributed by atoms with Gasteiger partial charge >= 0.3 is 0 Å². The summed E-state index contributed by atoms with van der Waals surface area (Å²) in [6.07, 6.45) is 0.818. The van der Waals surface area contributed by atoms with Crippen LogP contribution in [0.3, 0.4) is 0 Å². The van der Waals surface area contributed by atoms with Gasteiger partial charge in [-0.05, 0) is 59.1 Å². The summed E-state index contributed by atoms with van der Waals surface area (Å²) in [5, 5.41) is 0. The number of halogens is 2. The maximum absolute atomic E-state index is 13.4. The van der Waals surface area contributed by atoms with Crippen LogP contribution < -0.4 is 5.73 Å². The molecule has 4 heteroatoms. The standard InChI is InChI=1S/C14H15BrFNO/c1-3-12(17)14-5-4-13(18-14)9-7-10(15)11(16)6-8(9)2/h4-7,12H,3,17H2,1-2H3.